The molecule has 1 saturated heterocycles. The lowest BCUT2D eigenvalue weighted by molar-refractivity contribution is 0.0183. The molecule has 2 rings (SSSR count). The quantitative estimate of drug-likeness (QED) is 0.598. The lowest BCUT2D eigenvalue weighted by Crippen LogP contribution is -2.40. The number of hydrogen-bond donors (Lipinski definition) is 0. The SMILES string of the molecule is O=C(N(F)Cc1cccc(Cl)c1)N1CCCC1F. The van der Waals surface area contributed by atoms with Gasteiger partial charge in [0.2, 0.25) is 0 Å². The monoisotopic (exact) mass is 274 g/mol. The van der Waals surface area contributed by atoms with Gasteiger partial charge in [-0.25, -0.2) is 9.18 Å². The van der Waals surface area contributed by atoms with Crippen molar-refractivity contribution in [3.8, 4) is 0 Å². The molecule has 1 aromatic carbocycles. The van der Waals surface area contributed by atoms with Crippen molar-refractivity contribution < 1.29 is 13.7 Å². The molecule has 0 N–H and O–H groups in total. The molecule has 1 aliphatic rings. The first-order valence-electron chi connectivity index (χ1n) is 5.70. The van der Waals surface area contributed by atoms with Crippen LogP contribution in [0.25, 0.3) is 0 Å². The second kappa shape index (κ2) is 5.52. The molecule has 1 heterocycles. The van der Waals surface area contributed by atoms with E-state index in [0.29, 0.717) is 17.0 Å². The van der Waals surface area contributed by atoms with Crippen LogP contribution in [-0.4, -0.2) is 28.9 Å². The van der Waals surface area contributed by atoms with E-state index in [1.54, 1.807) is 24.3 Å². The van der Waals surface area contributed by atoms with Crippen molar-refractivity contribution in [3.63, 3.8) is 0 Å². The molecule has 6 heteroatoms. The summed E-state index contributed by atoms with van der Waals surface area (Å²) in [7, 11) is 0. The van der Waals surface area contributed by atoms with Gasteiger partial charge in [0.25, 0.3) is 0 Å². The van der Waals surface area contributed by atoms with E-state index in [4.69, 9.17) is 11.6 Å². The zero-order valence-corrected chi connectivity index (χ0v) is 10.4. The van der Waals surface area contributed by atoms with Gasteiger partial charge in [0.05, 0.1) is 6.54 Å². The molecule has 0 bridgehead atoms. The van der Waals surface area contributed by atoms with Crippen molar-refractivity contribution >= 4 is 17.6 Å². The van der Waals surface area contributed by atoms with Gasteiger partial charge in [-0.05, 0) is 30.5 Å². The smallest absolute Gasteiger partial charge is 0.292 e. The summed E-state index contributed by atoms with van der Waals surface area (Å²) in [5, 5.41) is 0.488. The summed E-state index contributed by atoms with van der Waals surface area (Å²) < 4.78 is 27.0. The van der Waals surface area contributed by atoms with Gasteiger partial charge in [-0.15, -0.1) is 0 Å². The molecule has 18 heavy (non-hydrogen) atoms. The molecule has 1 unspecified atom stereocenters. The Balaban J connectivity index is 1.99. The van der Waals surface area contributed by atoms with Crippen molar-refractivity contribution in [3.05, 3.63) is 34.9 Å². The third-order valence-corrected chi connectivity index (χ3v) is 3.08. The first-order chi connectivity index (χ1) is 8.58. The third-order valence-electron chi connectivity index (χ3n) is 2.84. The first-order valence-corrected chi connectivity index (χ1v) is 6.08. The summed E-state index contributed by atoms with van der Waals surface area (Å²) in [6.07, 6.45) is -0.538. The van der Waals surface area contributed by atoms with E-state index in [0.717, 1.165) is 4.90 Å². The average molecular weight is 275 g/mol. The molecule has 0 spiro atoms. The van der Waals surface area contributed by atoms with Crippen LogP contribution < -0.4 is 0 Å². The number of likely N-dealkylation sites (tertiary alicyclic amines) is 1. The number of alkyl halides is 1. The number of benzene rings is 1. The molecule has 98 valence electrons. The predicted octanol–water partition coefficient (Wildman–Crippen LogP) is 3.54. The second-order valence-electron chi connectivity index (χ2n) is 4.20. The van der Waals surface area contributed by atoms with Gasteiger partial charge in [-0.1, -0.05) is 28.2 Å². The van der Waals surface area contributed by atoms with Crippen molar-refractivity contribution in [2.75, 3.05) is 6.54 Å². The lowest BCUT2D eigenvalue weighted by atomic mass is 10.2. The topological polar surface area (TPSA) is 23.6 Å². The lowest BCUT2D eigenvalue weighted by Gasteiger charge is -2.22. The van der Waals surface area contributed by atoms with E-state index >= 15 is 0 Å². The Labute approximate surface area is 109 Å². The van der Waals surface area contributed by atoms with Crippen LogP contribution >= 0.6 is 11.6 Å². The molecule has 0 aliphatic carbocycles. The van der Waals surface area contributed by atoms with Gasteiger partial charge in [-0.2, -0.15) is 5.12 Å². The highest BCUT2D eigenvalue weighted by atomic mass is 35.5. The highest BCUT2D eigenvalue weighted by Gasteiger charge is 2.31. The largest absolute Gasteiger partial charge is 0.350 e. The highest BCUT2D eigenvalue weighted by Crippen LogP contribution is 2.21. The van der Waals surface area contributed by atoms with Gasteiger partial charge >= 0.3 is 6.03 Å². The summed E-state index contributed by atoms with van der Waals surface area (Å²) in [6.45, 7) is 0.0264. The van der Waals surface area contributed by atoms with Crippen molar-refractivity contribution in [2.45, 2.75) is 25.7 Å². The number of hydrogen-bond acceptors (Lipinski definition) is 1. The van der Waals surface area contributed by atoms with E-state index in [1.165, 1.54) is 0 Å². The van der Waals surface area contributed by atoms with E-state index in [1.807, 2.05) is 0 Å². The fourth-order valence-electron chi connectivity index (χ4n) is 1.94. The first kappa shape index (κ1) is 13.1. The van der Waals surface area contributed by atoms with Crippen LogP contribution in [0, 0.1) is 0 Å². The van der Waals surface area contributed by atoms with Crippen molar-refractivity contribution in [1.82, 2.24) is 10.0 Å². The molecule has 1 fully saturated rings. The maximum atomic E-state index is 13.7. The molecule has 3 nitrogen and oxygen atoms in total. The van der Waals surface area contributed by atoms with Gasteiger partial charge in [0.15, 0.2) is 6.30 Å². The summed E-state index contributed by atoms with van der Waals surface area (Å²) in [4.78, 5) is 12.6. The molecule has 2 amide bonds. The third kappa shape index (κ3) is 2.90. The number of rotatable bonds is 2. The molecular weight excluding hydrogens is 262 g/mol. The maximum absolute atomic E-state index is 13.7. The number of carbonyl (C=O) groups excluding carboxylic acids is 1. The summed E-state index contributed by atoms with van der Waals surface area (Å²) in [5.74, 6) is 0. The normalized spacial score (nSPS) is 19.1. The van der Waals surface area contributed by atoms with Gasteiger partial charge in [-0.3, -0.25) is 4.90 Å². The van der Waals surface area contributed by atoms with E-state index in [-0.39, 0.29) is 24.6 Å². The van der Waals surface area contributed by atoms with E-state index in [9.17, 15) is 13.7 Å². The fourth-order valence-corrected chi connectivity index (χ4v) is 2.16. The van der Waals surface area contributed by atoms with Crippen molar-refractivity contribution in [1.29, 1.82) is 0 Å². The number of halogens is 3. The van der Waals surface area contributed by atoms with E-state index < -0.39 is 12.3 Å². The van der Waals surface area contributed by atoms with Crippen LogP contribution in [-0.2, 0) is 6.54 Å². The minimum Gasteiger partial charge on any atom is -0.292 e. The Kier molecular flexibility index (Phi) is 4.01. The predicted molar refractivity (Wildman–Crippen MR) is 64.3 cm³/mol. The number of amides is 2. The van der Waals surface area contributed by atoms with Crippen LogP contribution in [0.5, 0.6) is 0 Å². The second-order valence-corrected chi connectivity index (χ2v) is 4.64. The Bertz CT molecular complexity index is 444. The standard InChI is InChI=1S/C12H13ClF2N2O/c13-10-4-1-3-9(7-10)8-17(15)12(18)16-6-2-5-11(16)14/h1,3-4,7,11H,2,5-6,8H2. The summed E-state index contributed by atoms with van der Waals surface area (Å²) in [6, 6.07) is 5.62. The maximum Gasteiger partial charge on any atom is 0.350 e. The molecular formula is C12H13ClF2N2O. The Morgan fingerprint density at radius 3 is 2.94 bits per heavy atom. The average Bonchev–Trinajstić information content (AvgIpc) is 2.74. The molecule has 0 radical (unpaired) electrons. The van der Waals surface area contributed by atoms with Crippen LogP contribution in [0.4, 0.5) is 13.7 Å². The van der Waals surface area contributed by atoms with Crippen LogP contribution in [0.3, 0.4) is 0 Å². The summed E-state index contributed by atoms with van der Waals surface area (Å²) in [5.41, 5.74) is 0.563. The minimum atomic E-state index is -1.38. The molecule has 1 aliphatic heterocycles. The number of urea groups is 1. The number of nitrogens with zero attached hydrogens (tertiary/aromatic N) is 2. The van der Waals surface area contributed by atoms with Crippen LogP contribution in [0.15, 0.2) is 24.3 Å². The Hall–Kier alpha value is -1.36. The molecule has 1 aromatic rings. The Morgan fingerprint density at radius 2 is 2.33 bits per heavy atom. The zero-order valence-electron chi connectivity index (χ0n) is 9.65. The summed E-state index contributed by atoms with van der Waals surface area (Å²) >= 11 is 5.76. The molecule has 1 atom stereocenters. The van der Waals surface area contributed by atoms with E-state index in [2.05, 4.69) is 0 Å². The van der Waals surface area contributed by atoms with Crippen LogP contribution in [0.2, 0.25) is 5.02 Å². The van der Waals surface area contributed by atoms with Gasteiger partial charge in [0, 0.05) is 11.6 Å². The van der Waals surface area contributed by atoms with Crippen LogP contribution in [0.1, 0.15) is 18.4 Å². The van der Waals surface area contributed by atoms with Crippen molar-refractivity contribution in [2.24, 2.45) is 0 Å². The fraction of sp³-hybridized carbons (Fsp3) is 0.417. The highest BCUT2D eigenvalue weighted by molar-refractivity contribution is 6.30. The minimum absolute atomic E-state index is 0.0174. The van der Waals surface area contributed by atoms with Gasteiger partial charge < -0.3 is 0 Å². The molecule has 0 aromatic heterocycles. The Morgan fingerprint density at radius 1 is 1.56 bits per heavy atom. The number of carbonyl (C=O) groups is 1. The zero-order chi connectivity index (χ0) is 13.1. The molecule has 0 saturated carbocycles. The van der Waals surface area contributed by atoms with Gasteiger partial charge in [0.1, 0.15) is 0 Å².